The third-order valence-electron chi connectivity index (χ3n) is 4.42. The number of urea groups is 1. The topological polar surface area (TPSA) is 147 Å². The molecule has 2 rings (SSSR count). The van der Waals surface area contributed by atoms with E-state index in [9.17, 15) is 28.2 Å². The lowest BCUT2D eigenvalue weighted by molar-refractivity contribution is -0.144. The number of nitrogens with zero attached hydrogens (tertiary/aromatic N) is 1. The Hall–Kier alpha value is -2.77. The van der Waals surface area contributed by atoms with Crippen molar-refractivity contribution in [3.05, 3.63) is 24.3 Å². The molecule has 1 aromatic carbocycles. The van der Waals surface area contributed by atoms with Crippen molar-refractivity contribution >= 4 is 21.8 Å². The molecule has 0 radical (unpaired) electrons. The maximum atomic E-state index is 12.9. The van der Waals surface area contributed by atoms with Gasteiger partial charge in [-0.2, -0.15) is 0 Å². The molecule has 1 aliphatic rings. The molecule has 4 unspecified atom stereocenters. The molecule has 0 spiro atoms. The van der Waals surface area contributed by atoms with E-state index in [0.717, 1.165) is 4.90 Å². The van der Waals surface area contributed by atoms with Gasteiger partial charge in [0.05, 0.1) is 22.8 Å². The zero-order valence-electron chi connectivity index (χ0n) is 15.4. The Balaban J connectivity index is 2.26. The molecule has 1 aliphatic heterocycles. The molecule has 9 nitrogen and oxygen atoms in total. The molecular weight excluding hydrogens is 388 g/mol. The number of ether oxygens (including phenoxy) is 1. The fraction of sp³-hybridized carbons (Fsp3) is 0.444. The fourth-order valence-electron chi connectivity index (χ4n) is 3.08. The first kappa shape index (κ1) is 21.5. The smallest absolute Gasteiger partial charge is 0.326 e. The first-order valence-electron chi connectivity index (χ1n) is 8.47. The quantitative estimate of drug-likeness (QED) is 0.588. The van der Waals surface area contributed by atoms with E-state index in [1.165, 1.54) is 24.3 Å². The normalized spacial score (nSPS) is 23.2. The van der Waals surface area contributed by atoms with Gasteiger partial charge in [0, 0.05) is 0 Å². The van der Waals surface area contributed by atoms with Gasteiger partial charge in [0.1, 0.15) is 11.8 Å². The van der Waals surface area contributed by atoms with Crippen LogP contribution >= 0.6 is 0 Å². The number of aliphatic hydroxyl groups is 1. The Bertz CT molecular complexity index is 902. The molecule has 1 saturated heterocycles. The molecular formula is C18H22N2O7S. The summed E-state index contributed by atoms with van der Waals surface area (Å²) in [6.45, 7) is 2.94. The van der Waals surface area contributed by atoms with E-state index >= 15 is 0 Å². The Morgan fingerprint density at radius 3 is 2.43 bits per heavy atom. The Morgan fingerprint density at radius 1 is 1.32 bits per heavy atom. The lowest BCUT2D eigenvalue weighted by atomic mass is 10.00. The number of carboxylic acids is 1. The van der Waals surface area contributed by atoms with E-state index in [-0.39, 0.29) is 11.0 Å². The van der Waals surface area contributed by atoms with Crippen molar-refractivity contribution < 1.29 is 33.0 Å². The SMILES string of the molecule is CC#CC(C)Oc1ccc(S(=O)(=O)C2CC(C(=O)O)N(C(N)=O)CC2O)cc1. The molecule has 4 N–H and O–H groups in total. The minimum atomic E-state index is -4.06. The van der Waals surface area contributed by atoms with E-state index < -0.39 is 52.2 Å². The fourth-order valence-corrected chi connectivity index (χ4v) is 4.88. The maximum Gasteiger partial charge on any atom is 0.326 e. The van der Waals surface area contributed by atoms with Gasteiger partial charge in [-0.25, -0.2) is 18.0 Å². The number of rotatable bonds is 5. The van der Waals surface area contributed by atoms with Gasteiger partial charge in [0.2, 0.25) is 0 Å². The summed E-state index contributed by atoms with van der Waals surface area (Å²) in [7, 11) is -4.06. The zero-order chi connectivity index (χ0) is 21.1. The lowest BCUT2D eigenvalue weighted by Crippen LogP contribution is -2.60. The van der Waals surface area contributed by atoms with Crippen LogP contribution in [-0.2, 0) is 14.6 Å². The van der Waals surface area contributed by atoms with Gasteiger partial charge < -0.3 is 25.6 Å². The second-order valence-electron chi connectivity index (χ2n) is 6.36. The van der Waals surface area contributed by atoms with Crippen LogP contribution in [0, 0.1) is 11.8 Å². The zero-order valence-corrected chi connectivity index (χ0v) is 16.2. The molecule has 152 valence electrons. The predicted molar refractivity (Wildman–Crippen MR) is 99.3 cm³/mol. The summed E-state index contributed by atoms with van der Waals surface area (Å²) in [6, 6.07) is 3.09. The summed E-state index contributed by atoms with van der Waals surface area (Å²) in [4.78, 5) is 23.5. The van der Waals surface area contributed by atoms with Gasteiger partial charge in [-0.1, -0.05) is 5.92 Å². The van der Waals surface area contributed by atoms with Crippen LogP contribution < -0.4 is 10.5 Å². The van der Waals surface area contributed by atoms with Gasteiger partial charge in [-0.15, -0.1) is 5.92 Å². The van der Waals surface area contributed by atoms with Gasteiger partial charge in [-0.05, 0) is 44.5 Å². The number of carbonyl (C=O) groups excluding carboxylic acids is 1. The van der Waals surface area contributed by atoms with Crippen molar-refractivity contribution in [2.75, 3.05) is 6.54 Å². The van der Waals surface area contributed by atoms with Crippen LogP contribution in [-0.4, -0.2) is 65.6 Å². The molecule has 0 aromatic heterocycles. The highest BCUT2D eigenvalue weighted by Crippen LogP contribution is 2.29. The first-order chi connectivity index (χ1) is 13.1. The average Bonchev–Trinajstić information content (AvgIpc) is 2.61. The minimum Gasteiger partial charge on any atom is -0.480 e. The van der Waals surface area contributed by atoms with Crippen molar-refractivity contribution in [3.8, 4) is 17.6 Å². The van der Waals surface area contributed by atoms with Crippen LogP contribution in [0.3, 0.4) is 0 Å². The van der Waals surface area contributed by atoms with Gasteiger partial charge >= 0.3 is 12.0 Å². The maximum absolute atomic E-state index is 12.9. The molecule has 1 heterocycles. The lowest BCUT2D eigenvalue weighted by Gasteiger charge is -2.38. The average molecular weight is 410 g/mol. The molecule has 4 atom stereocenters. The molecule has 0 saturated carbocycles. The number of carboxylic acid groups (broad SMARTS) is 1. The van der Waals surface area contributed by atoms with E-state index in [2.05, 4.69) is 11.8 Å². The van der Waals surface area contributed by atoms with Crippen LogP contribution in [0.4, 0.5) is 4.79 Å². The molecule has 0 aliphatic carbocycles. The molecule has 10 heteroatoms. The van der Waals surface area contributed by atoms with Crippen LogP contribution in [0.15, 0.2) is 29.2 Å². The largest absolute Gasteiger partial charge is 0.480 e. The second kappa shape index (κ2) is 8.50. The number of nitrogens with two attached hydrogens (primary N) is 1. The van der Waals surface area contributed by atoms with Crippen molar-refractivity contribution in [2.45, 2.75) is 48.7 Å². The van der Waals surface area contributed by atoms with E-state index in [1.807, 2.05) is 0 Å². The molecule has 2 amide bonds. The number of piperidine rings is 1. The first-order valence-corrected chi connectivity index (χ1v) is 10.0. The standard InChI is InChI=1S/C18H22N2O7S/c1-3-4-11(2)27-12-5-7-13(8-6-12)28(25,26)16-9-14(17(22)23)20(18(19)24)10-15(16)21/h5-8,11,14-16,21H,9-10H2,1-2H3,(H2,19,24)(H,22,23). The predicted octanol–water partition coefficient (Wildman–Crippen LogP) is 0.218. The van der Waals surface area contributed by atoms with Gasteiger partial charge in [0.25, 0.3) is 0 Å². The Kier molecular flexibility index (Phi) is 6.53. The Morgan fingerprint density at radius 2 is 1.93 bits per heavy atom. The van der Waals surface area contributed by atoms with E-state index in [0.29, 0.717) is 5.75 Å². The van der Waals surface area contributed by atoms with Crippen molar-refractivity contribution in [3.63, 3.8) is 0 Å². The number of likely N-dealkylation sites (tertiary alicyclic amines) is 1. The van der Waals surface area contributed by atoms with Crippen LogP contribution in [0.2, 0.25) is 0 Å². The van der Waals surface area contributed by atoms with Crippen LogP contribution in [0.1, 0.15) is 20.3 Å². The van der Waals surface area contributed by atoms with Gasteiger partial charge in [-0.3, -0.25) is 0 Å². The number of aliphatic carboxylic acids is 1. The highest BCUT2D eigenvalue weighted by atomic mass is 32.2. The number of benzene rings is 1. The number of aliphatic hydroxyl groups excluding tert-OH is 1. The number of sulfone groups is 1. The number of β-amino-alcohol motifs (C(OH)–C–C–N with tert-alkyl or cyclic N) is 1. The van der Waals surface area contributed by atoms with Crippen molar-refractivity contribution in [1.82, 2.24) is 4.90 Å². The number of hydrogen-bond acceptors (Lipinski definition) is 6. The van der Waals surface area contributed by atoms with Crippen LogP contribution in [0.5, 0.6) is 5.75 Å². The van der Waals surface area contributed by atoms with Crippen LogP contribution in [0.25, 0.3) is 0 Å². The summed E-state index contributed by atoms with van der Waals surface area (Å²) in [5, 5.41) is 18.2. The number of primary amides is 1. The Labute approximate surface area is 163 Å². The van der Waals surface area contributed by atoms with Crippen molar-refractivity contribution in [2.24, 2.45) is 5.73 Å². The summed E-state index contributed by atoms with van der Waals surface area (Å²) in [6.07, 6.45) is -2.31. The molecule has 1 aromatic rings. The highest BCUT2D eigenvalue weighted by molar-refractivity contribution is 7.92. The summed E-state index contributed by atoms with van der Waals surface area (Å²) >= 11 is 0. The third kappa shape index (κ3) is 4.55. The van der Waals surface area contributed by atoms with Crippen molar-refractivity contribution in [1.29, 1.82) is 0 Å². The number of carbonyl (C=O) groups is 2. The number of hydrogen-bond donors (Lipinski definition) is 3. The molecule has 28 heavy (non-hydrogen) atoms. The van der Waals surface area contributed by atoms with E-state index in [1.54, 1.807) is 13.8 Å². The number of amides is 2. The summed E-state index contributed by atoms with van der Waals surface area (Å²) in [5.74, 6) is 4.55. The molecule has 1 fully saturated rings. The summed E-state index contributed by atoms with van der Waals surface area (Å²) < 4.78 is 31.4. The minimum absolute atomic E-state index is 0.0882. The van der Waals surface area contributed by atoms with E-state index in [4.69, 9.17) is 10.5 Å². The highest BCUT2D eigenvalue weighted by Gasteiger charge is 2.46. The second-order valence-corrected chi connectivity index (χ2v) is 8.52. The van der Waals surface area contributed by atoms with Gasteiger partial charge in [0.15, 0.2) is 15.9 Å². The summed E-state index contributed by atoms with van der Waals surface area (Å²) in [5.41, 5.74) is 5.14. The monoisotopic (exact) mass is 410 g/mol. The third-order valence-corrected chi connectivity index (χ3v) is 6.66. The molecule has 0 bridgehead atoms.